The largest absolute Gasteiger partial charge is 0.369 e. The van der Waals surface area contributed by atoms with Gasteiger partial charge >= 0.3 is 6.03 Å². The van der Waals surface area contributed by atoms with E-state index in [0.29, 0.717) is 11.6 Å². The zero-order valence-corrected chi connectivity index (χ0v) is 20.1. The molecule has 35 heavy (non-hydrogen) atoms. The molecule has 1 fully saturated rings. The molecule has 2 N–H and O–H groups in total. The van der Waals surface area contributed by atoms with Crippen LogP contribution in [0.2, 0.25) is 5.02 Å². The van der Waals surface area contributed by atoms with Gasteiger partial charge in [0.15, 0.2) is 0 Å². The lowest BCUT2D eigenvalue weighted by molar-refractivity contribution is -0.384. The number of urea groups is 1. The quantitative estimate of drug-likeness (QED) is 0.385. The summed E-state index contributed by atoms with van der Waals surface area (Å²) in [4.78, 5) is 37.5. The highest BCUT2D eigenvalue weighted by Crippen LogP contribution is 2.28. The summed E-state index contributed by atoms with van der Waals surface area (Å²) in [7, 11) is 3.65. The van der Waals surface area contributed by atoms with Crippen molar-refractivity contribution in [2.24, 2.45) is 0 Å². The van der Waals surface area contributed by atoms with Gasteiger partial charge in [-0.2, -0.15) is 0 Å². The number of nitrogens with zero attached hydrogens (tertiary/aromatic N) is 6. The van der Waals surface area contributed by atoms with E-state index >= 15 is 0 Å². The molecule has 0 radical (unpaired) electrons. The lowest BCUT2D eigenvalue weighted by Gasteiger charge is -2.34. The third-order valence-electron chi connectivity index (χ3n) is 5.71. The van der Waals surface area contributed by atoms with Crippen LogP contribution >= 0.6 is 11.6 Å². The van der Waals surface area contributed by atoms with Crippen LogP contribution in [0.4, 0.5) is 39.2 Å². The van der Waals surface area contributed by atoms with Crippen molar-refractivity contribution in [2.45, 2.75) is 0 Å². The number of benzene rings is 2. The van der Waals surface area contributed by atoms with Crippen LogP contribution in [0.25, 0.3) is 0 Å². The van der Waals surface area contributed by atoms with E-state index in [1.54, 1.807) is 6.07 Å². The third kappa shape index (κ3) is 5.94. The van der Waals surface area contributed by atoms with Crippen LogP contribution in [0.3, 0.4) is 0 Å². The Morgan fingerprint density at radius 1 is 1.09 bits per heavy atom. The second-order valence-electron chi connectivity index (χ2n) is 8.13. The lowest BCUT2D eigenvalue weighted by Crippen LogP contribution is -2.44. The third-order valence-corrected chi connectivity index (χ3v) is 6.04. The fourth-order valence-electron chi connectivity index (χ4n) is 3.59. The van der Waals surface area contributed by atoms with E-state index < -0.39 is 11.0 Å². The van der Waals surface area contributed by atoms with E-state index in [0.717, 1.165) is 31.9 Å². The van der Waals surface area contributed by atoms with E-state index in [4.69, 9.17) is 11.6 Å². The number of aromatic nitrogens is 2. The van der Waals surface area contributed by atoms with Crippen LogP contribution in [0.1, 0.15) is 0 Å². The molecule has 1 aromatic heterocycles. The average molecular weight is 497 g/mol. The second-order valence-corrected chi connectivity index (χ2v) is 8.54. The maximum Gasteiger partial charge on any atom is 0.327 e. The van der Waals surface area contributed by atoms with Crippen molar-refractivity contribution in [3.05, 3.63) is 70.0 Å². The van der Waals surface area contributed by atoms with Gasteiger partial charge in [-0.3, -0.25) is 15.0 Å². The van der Waals surface area contributed by atoms with Gasteiger partial charge in [-0.25, -0.2) is 14.8 Å². The Bertz CT molecular complexity index is 1220. The minimum atomic E-state index is -0.562. The lowest BCUT2D eigenvalue weighted by atomic mass is 10.2. The van der Waals surface area contributed by atoms with Gasteiger partial charge in [0.1, 0.15) is 18.0 Å². The summed E-state index contributed by atoms with van der Waals surface area (Å²) in [5.41, 5.74) is 1.97. The number of nitrogens with one attached hydrogen (secondary N) is 2. The minimum absolute atomic E-state index is 0.130. The van der Waals surface area contributed by atoms with E-state index in [1.807, 2.05) is 12.1 Å². The van der Waals surface area contributed by atoms with Crippen molar-refractivity contribution in [1.29, 1.82) is 0 Å². The van der Waals surface area contributed by atoms with Crippen LogP contribution in [-0.2, 0) is 0 Å². The fourth-order valence-corrected chi connectivity index (χ4v) is 3.76. The van der Waals surface area contributed by atoms with E-state index in [9.17, 15) is 14.9 Å². The van der Waals surface area contributed by atoms with Crippen LogP contribution in [0.15, 0.2) is 54.9 Å². The number of amides is 2. The number of anilines is 5. The topological polar surface area (TPSA) is 120 Å². The molecule has 11 nitrogen and oxygen atoms in total. The Hall–Kier alpha value is -3.96. The van der Waals surface area contributed by atoms with Gasteiger partial charge in [-0.05, 0) is 37.4 Å². The molecule has 1 aliphatic rings. The van der Waals surface area contributed by atoms with Gasteiger partial charge < -0.3 is 20.4 Å². The molecule has 0 unspecified atom stereocenters. The normalized spacial score (nSPS) is 13.9. The molecule has 2 amide bonds. The van der Waals surface area contributed by atoms with Gasteiger partial charge in [0.2, 0.25) is 0 Å². The molecule has 1 saturated heterocycles. The predicted octanol–water partition coefficient (Wildman–Crippen LogP) is 4.20. The molecule has 3 aromatic rings. The van der Waals surface area contributed by atoms with Crippen molar-refractivity contribution in [3.63, 3.8) is 0 Å². The van der Waals surface area contributed by atoms with E-state index in [-0.39, 0.29) is 16.4 Å². The molecular weight excluding hydrogens is 472 g/mol. The predicted molar refractivity (Wildman–Crippen MR) is 137 cm³/mol. The van der Waals surface area contributed by atoms with Crippen molar-refractivity contribution >= 4 is 52.0 Å². The molecule has 2 heterocycles. The Morgan fingerprint density at radius 3 is 2.49 bits per heavy atom. The van der Waals surface area contributed by atoms with Crippen molar-refractivity contribution in [2.75, 3.05) is 60.7 Å². The summed E-state index contributed by atoms with van der Waals surface area (Å²) in [5.74, 6) is 0.839. The number of nitro benzene ring substituents is 1. The first-order chi connectivity index (χ1) is 16.8. The number of likely N-dealkylation sites (N-methyl/N-ethyl adjacent to an activating group) is 1. The number of piperazine rings is 1. The number of hydrogen-bond acceptors (Lipinski definition) is 8. The molecule has 0 aliphatic carbocycles. The molecule has 4 rings (SSSR count). The molecule has 0 bridgehead atoms. The standard InChI is InChI=1S/C23H25ClN8O3/c1-29-9-11-31(12-10-29)17-5-3-16(4-6-17)27-21-14-22(26-15-25-21)30(2)23(33)28-20-13-18(32(34)35)7-8-19(20)24/h3-8,13-15H,9-12H2,1-2H3,(H,28,33)(H,25,26,27). The number of non-ortho nitro benzene ring substituents is 1. The van der Waals surface area contributed by atoms with E-state index in [2.05, 4.69) is 49.6 Å². The maximum atomic E-state index is 12.7. The number of hydrogen-bond donors (Lipinski definition) is 2. The summed E-state index contributed by atoms with van der Waals surface area (Å²) in [6.07, 6.45) is 1.35. The molecule has 12 heteroatoms. The SMILES string of the molecule is CN1CCN(c2ccc(Nc3cc(N(C)C(=O)Nc4cc([N+](=O)[O-])ccc4Cl)ncn3)cc2)CC1. The summed E-state index contributed by atoms with van der Waals surface area (Å²) in [6.45, 7) is 4.07. The van der Waals surface area contributed by atoms with Gasteiger partial charge in [-0.15, -0.1) is 0 Å². The average Bonchev–Trinajstić information content (AvgIpc) is 2.86. The summed E-state index contributed by atoms with van der Waals surface area (Å²) in [5, 5.41) is 17.0. The van der Waals surface area contributed by atoms with Gasteiger partial charge in [0, 0.05) is 62.8 Å². The number of rotatable bonds is 6. The highest BCUT2D eigenvalue weighted by Gasteiger charge is 2.17. The van der Waals surface area contributed by atoms with Crippen molar-refractivity contribution in [1.82, 2.24) is 14.9 Å². The Balaban J connectivity index is 1.41. The molecule has 182 valence electrons. The highest BCUT2D eigenvalue weighted by atomic mass is 35.5. The Labute approximate surface area is 207 Å². The minimum Gasteiger partial charge on any atom is -0.369 e. The van der Waals surface area contributed by atoms with Gasteiger partial charge in [0.25, 0.3) is 5.69 Å². The molecule has 0 spiro atoms. The zero-order chi connectivity index (χ0) is 24.9. The van der Waals surface area contributed by atoms with Gasteiger partial charge in [0.05, 0.1) is 15.6 Å². The Morgan fingerprint density at radius 2 is 1.80 bits per heavy atom. The highest BCUT2D eigenvalue weighted by molar-refractivity contribution is 6.34. The summed E-state index contributed by atoms with van der Waals surface area (Å²) < 4.78 is 0. The van der Waals surface area contributed by atoms with Crippen LogP contribution in [0.5, 0.6) is 0 Å². The fraction of sp³-hybridized carbons (Fsp3) is 0.261. The first-order valence-electron chi connectivity index (χ1n) is 10.9. The Kier molecular flexibility index (Phi) is 7.28. The number of carbonyl (C=O) groups is 1. The zero-order valence-electron chi connectivity index (χ0n) is 19.3. The first kappa shape index (κ1) is 24.2. The molecule has 1 aliphatic heterocycles. The van der Waals surface area contributed by atoms with Crippen LogP contribution in [-0.4, -0.2) is 66.1 Å². The summed E-state index contributed by atoms with van der Waals surface area (Å²) in [6, 6.07) is 13.0. The van der Waals surface area contributed by atoms with Crippen LogP contribution in [0, 0.1) is 10.1 Å². The molecular formula is C23H25ClN8O3. The molecule has 0 atom stereocenters. The molecule has 0 saturated carbocycles. The second kappa shape index (κ2) is 10.5. The number of halogens is 1. The van der Waals surface area contributed by atoms with Crippen LogP contribution < -0.4 is 20.4 Å². The van der Waals surface area contributed by atoms with Crippen molar-refractivity contribution in [3.8, 4) is 0 Å². The smallest absolute Gasteiger partial charge is 0.327 e. The first-order valence-corrected chi connectivity index (χ1v) is 11.3. The van der Waals surface area contributed by atoms with E-state index in [1.165, 1.54) is 42.2 Å². The van der Waals surface area contributed by atoms with Gasteiger partial charge in [-0.1, -0.05) is 11.6 Å². The maximum absolute atomic E-state index is 12.7. The summed E-state index contributed by atoms with van der Waals surface area (Å²) >= 11 is 6.08. The monoisotopic (exact) mass is 496 g/mol. The number of carbonyl (C=O) groups excluding carboxylic acids is 1. The van der Waals surface area contributed by atoms with Crippen molar-refractivity contribution < 1.29 is 9.72 Å². The number of nitro groups is 1. The molecule has 2 aromatic carbocycles.